The molecule has 1 aliphatic carbocycles. The Morgan fingerprint density at radius 3 is 2.50 bits per heavy atom. The van der Waals surface area contributed by atoms with Gasteiger partial charge in [-0.2, -0.15) is 13.2 Å². The molecule has 9 nitrogen and oxygen atoms in total. The SMILES string of the molecule is CCc1ncnc(C2CC2)c1-c1nc(NC(C)c2ccc(-c3nc(C(F)(F)F)cn3CC)cc2)c2nccn2n1. The van der Waals surface area contributed by atoms with Crippen molar-refractivity contribution in [1.82, 2.24) is 39.1 Å². The summed E-state index contributed by atoms with van der Waals surface area (Å²) >= 11 is 0. The number of hydrogen-bond donors (Lipinski definition) is 1. The van der Waals surface area contributed by atoms with Crippen molar-refractivity contribution < 1.29 is 13.2 Å². The van der Waals surface area contributed by atoms with E-state index in [9.17, 15) is 13.2 Å². The van der Waals surface area contributed by atoms with Gasteiger partial charge in [0.05, 0.1) is 23.0 Å². The number of imidazole rings is 2. The molecule has 4 aromatic heterocycles. The molecule has 1 N–H and O–H groups in total. The number of alkyl halides is 3. The molecule has 1 fully saturated rings. The number of aromatic nitrogens is 8. The third-order valence-electron chi connectivity index (χ3n) is 7.16. The zero-order valence-corrected chi connectivity index (χ0v) is 22.3. The highest BCUT2D eigenvalue weighted by molar-refractivity contribution is 5.69. The maximum atomic E-state index is 13.2. The summed E-state index contributed by atoms with van der Waals surface area (Å²) in [5, 5.41) is 8.20. The molecule has 1 aliphatic rings. The molecular weight excluding hydrogens is 519 g/mol. The molecule has 0 aliphatic heterocycles. The Kier molecular flexibility index (Phi) is 6.47. The van der Waals surface area contributed by atoms with E-state index in [1.54, 1.807) is 42.3 Å². The van der Waals surface area contributed by atoms with Crippen molar-refractivity contribution in [2.45, 2.75) is 64.7 Å². The van der Waals surface area contributed by atoms with E-state index in [0.29, 0.717) is 35.3 Å². The quantitative estimate of drug-likeness (QED) is 0.251. The fraction of sp³-hybridized carbons (Fsp3) is 0.357. The number of benzene rings is 1. The zero-order chi connectivity index (χ0) is 28.0. The van der Waals surface area contributed by atoms with Crippen LogP contribution in [0.25, 0.3) is 28.4 Å². The number of nitrogens with one attached hydrogen (secondary N) is 1. The van der Waals surface area contributed by atoms with E-state index in [2.05, 4.69) is 32.2 Å². The van der Waals surface area contributed by atoms with Crippen LogP contribution in [0.15, 0.2) is 49.2 Å². The second-order valence-electron chi connectivity index (χ2n) is 9.91. The summed E-state index contributed by atoms with van der Waals surface area (Å²) in [4.78, 5) is 22.3. The standard InChI is InChI=1S/C28H28F3N9/c1-4-20-22(23(18-8-9-18)34-15-33-20)24-37-25(27-32-12-13-40(27)38-24)35-16(3)17-6-10-19(11-7-17)26-36-21(28(29,30)31)14-39(26)5-2/h6-7,10-16,18H,4-5,8-9H2,1-3H3,(H,35,37,38). The van der Waals surface area contributed by atoms with Crippen LogP contribution in [0.3, 0.4) is 0 Å². The largest absolute Gasteiger partial charge is 0.434 e. The van der Waals surface area contributed by atoms with Gasteiger partial charge in [0, 0.05) is 36.6 Å². The Hall–Kier alpha value is -4.35. The summed E-state index contributed by atoms with van der Waals surface area (Å²) in [6, 6.07) is 7.15. The predicted octanol–water partition coefficient (Wildman–Crippen LogP) is 6.10. The van der Waals surface area contributed by atoms with E-state index >= 15 is 0 Å². The van der Waals surface area contributed by atoms with Crippen molar-refractivity contribution in [3.8, 4) is 22.8 Å². The van der Waals surface area contributed by atoms with Crippen LogP contribution >= 0.6 is 0 Å². The minimum Gasteiger partial charge on any atom is -0.360 e. The van der Waals surface area contributed by atoms with E-state index in [1.807, 2.05) is 19.1 Å². The van der Waals surface area contributed by atoms with Crippen molar-refractivity contribution in [3.05, 3.63) is 71.8 Å². The van der Waals surface area contributed by atoms with Gasteiger partial charge in [0.15, 0.2) is 23.0 Å². The number of halogens is 3. The normalized spacial score (nSPS) is 14.6. The summed E-state index contributed by atoms with van der Waals surface area (Å²) in [5.41, 5.74) is 4.00. The van der Waals surface area contributed by atoms with Crippen LogP contribution in [0.4, 0.5) is 19.0 Å². The van der Waals surface area contributed by atoms with Gasteiger partial charge in [-0.1, -0.05) is 31.2 Å². The molecule has 6 rings (SSSR count). The molecule has 1 atom stereocenters. The molecule has 206 valence electrons. The van der Waals surface area contributed by atoms with Gasteiger partial charge in [0.25, 0.3) is 0 Å². The van der Waals surface area contributed by atoms with Crippen molar-refractivity contribution in [2.75, 3.05) is 5.32 Å². The fourth-order valence-corrected chi connectivity index (χ4v) is 4.88. The maximum absolute atomic E-state index is 13.2. The number of hydrogen-bond acceptors (Lipinski definition) is 7. The molecule has 0 bridgehead atoms. The molecule has 1 unspecified atom stereocenters. The molecule has 0 radical (unpaired) electrons. The van der Waals surface area contributed by atoms with Gasteiger partial charge in [0.1, 0.15) is 12.2 Å². The Labute approximate surface area is 228 Å². The average molecular weight is 548 g/mol. The van der Waals surface area contributed by atoms with Gasteiger partial charge in [-0.25, -0.2) is 29.4 Å². The first-order valence-electron chi connectivity index (χ1n) is 13.3. The lowest BCUT2D eigenvalue weighted by atomic mass is 10.1. The van der Waals surface area contributed by atoms with E-state index in [1.165, 1.54) is 4.57 Å². The van der Waals surface area contributed by atoms with Crippen molar-refractivity contribution in [1.29, 1.82) is 0 Å². The molecule has 0 amide bonds. The highest BCUT2D eigenvalue weighted by atomic mass is 19.4. The third kappa shape index (κ3) is 4.78. The van der Waals surface area contributed by atoms with Gasteiger partial charge in [-0.3, -0.25) is 0 Å². The molecule has 1 saturated carbocycles. The molecule has 0 saturated heterocycles. The molecule has 4 heterocycles. The summed E-state index contributed by atoms with van der Waals surface area (Å²) < 4.78 is 42.9. The third-order valence-corrected chi connectivity index (χ3v) is 7.16. The van der Waals surface area contributed by atoms with Crippen LogP contribution in [0.2, 0.25) is 0 Å². The van der Waals surface area contributed by atoms with Crippen LogP contribution in [-0.4, -0.2) is 39.1 Å². The number of rotatable bonds is 8. The Balaban J connectivity index is 1.32. The predicted molar refractivity (Wildman–Crippen MR) is 144 cm³/mol. The van der Waals surface area contributed by atoms with Gasteiger partial charge in [-0.15, -0.1) is 5.10 Å². The van der Waals surface area contributed by atoms with Crippen LogP contribution in [0, 0.1) is 0 Å². The van der Waals surface area contributed by atoms with Gasteiger partial charge in [0.2, 0.25) is 0 Å². The first-order chi connectivity index (χ1) is 19.3. The lowest BCUT2D eigenvalue weighted by molar-refractivity contribution is -0.140. The molecule has 40 heavy (non-hydrogen) atoms. The summed E-state index contributed by atoms with van der Waals surface area (Å²) in [7, 11) is 0. The Morgan fingerprint density at radius 2 is 1.82 bits per heavy atom. The molecular formula is C28H28F3N9. The minimum atomic E-state index is -4.49. The first kappa shape index (κ1) is 25.9. The van der Waals surface area contributed by atoms with Gasteiger partial charge >= 0.3 is 6.18 Å². The van der Waals surface area contributed by atoms with E-state index < -0.39 is 11.9 Å². The Bertz CT molecular complexity index is 1670. The summed E-state index contributed by atoms with van der Waals surface area (Å²) in [5.74, 6) is 1.79. The average Bonchev–Trinajstić information content (AvgIpc) is 3.51. The molecule has 1 aromatic carbocycles. The van der Waals surface area contributed by atoms with Crippen LogP contribution < -0.4 is 5.32 Å². The summed E-state index contributed by atoms with van der Waals surface area (Å²) in [6.45, 7) is 6.21. The van der Waals surface area contributed by atoms with E-state index in [4.69, 9.17) is 10.1 Å². The second-order valence-corrected chi connectivity index (χ2v) is 9.91. The lowest BCUT2D eigenvalue weighted by Crippen LogP contribution is -2.12. The van der Waals surface area contributed by atoms with Crippen molar-refractivity contribution in [2.24, 2.45) is 0 Å². The molecule has 5 aromatic rings. The molecule has 0 spiro atoms. The summed E-state index contributed by atoms with van der Waals surface area (Å²) in [6.07, 6.45) is 4.54. The number of anilines is 1. The minimum absolute atomic E-state index is 0.186. The molecule has 12 heteroatoms. The van der Waals surface area contributed by atoms with Crippen molar-refractivity contribution >= 4 is 11.5 Å². The highest BCUT2D eigenvalue weighted by Gasteiger charge is 2.35. The zero-order valence-electron chi connectivity index (χ0n) is 22.3. The van der Waals surface area contributed by atoms with Crippen LogP contribution in [0.1, 0.15) is 68.2 Å². The second kappa shape index (κ2) is 10.00. The van der Waals surface area contributed by atoms with E-state index in [-0.39, 0.29) is 11.9 Å². The van der Waals surface area contributed by atoms with Gasteiger partial charge in [-0.05, 0) is 38.7 Å². The first-order valence-corrected chi connectivity index (χ1v) is 13.3. The maximum Gasteiger partial charge on any atom is 0.434 e. The van der Waals surface area contributed by atoms with E-state index in [0.717, 1.165) is 48.0 Å². The number of nitrogens with zero attached hydrogens (tertiary/aromatic N) is 8. The van der Waals surface area contributed by atoms with Crippen molar-refractivity contribution in [3.63, 3.8) is 0 Å². The smallest absolute Gasteiger partial charge is 0.360 e. The topological polar surface area (TPSA) is 98.7 Å². The van der Waals surface area contributed by atoms with Crippen LogP contribution in [0.5, 0.6) is 0 Å². The number of aryl methyl sites for hydroxylation is 2. The Morgan fingerprint density at radius 1 is 1.05 bits per heavy atom. The van der Waals surface area contributed by atoms with Gasteiger partial charge < -0.3 is 9.88 Å². The highest BCUT2D eigenvalue weighted by Crippen LogP contribution is 2.43. The lowest BCUT2D eigenvalue weighted by Gasteiger charge is -2.17. The van der Waals surface area contributed by atoms with Crippen LogP contribution in [-0.2, 0) is 19.1 Å². The monoisotopic (exact) mass is 547 g/mol. The number of fused-ring (bicyclic) bond motifs is 1. The fourth-order valence-electron chi connectivity index (χ4n) is 4.88.